The Morgan fingerprint density at radius 1 is 0.976 bits per heavy atom. The number of carbonyl (C=O) groups is 1. The van der Waals surface area contributed by atoms with Crippen LogP contribution in [0.5, 0.6) is 5.75 Å². The Hall–Kier alpha value is -3.23. The van der Waals surface area contributed by atoms with Gasteiger partial charge in [-0.15, -0.1) is 0 Å². The molecule has 3 aromatic carbocycles. The second-order valence-electron chi connectivity index (χ2n) is 12.7. The third-order valence-corrected chi connectivity index (χ3v) is 9.15. The molecule has 0 unspecified atom stereocenters. The van der Waals surface area contributed by atoms with Crippen molar-refractivity contribution in [1.82, 2.24) is 20.4 Å². The predicted molar refractivity (Wildman–Crippen MR) is 164 cm³/mol. The molecule has 2 atom stereocenters. The fraction of sp³-hybridized carbons (Fsp3) is 0.441. The zero-order valence-corrected chi connectivity index (χ0v) is 24.7. The van der Waals surface area contributed by atoms with E-state index in [1.807, 2.05) is 30.3 Å². The molecule has 3 heterocycles. The Morgan fingerprint density at radius 3 is 2.49 bits per heavy atom. The first kappa shape index (κ1) is 27.9. The summed E-state index contributed by atoms with van der Waals surface area (Å²) in [5, 5.41) is 6.73. The zero-order valence-electron chi connectivity index (χ0n) is 24.7. The Balaban J connectivity index is 1.10. The molecule has 3 aromatic rings. The number of carbonyl (C=O) groups excluding carboxylic acids is 1. The lowest BCUT2D eigenvalue weighted by Gasteiger charge is -2.39. The van der Waals surface area contributed by atoms with Crippen molar-refractivity contribution < 1.29 is 14.0 Å². The molecule has 7 nitrogen and oxygen atoms in total. The smallest absolute Gasteiger partial charge is 0.251 e. The topological polar surface area (TPSA) is 56.8 Å². The molecule has 6 rings (SSSR count). The van der Waals surface area contributed by atoms with Gasteiger partial charge in [0.25, 0.3) is 5.91 Å². The minimum atomic E-state index is -0.0444. The summed E-state index contributed by atoms with van der Waals surface area (Å²) in [7, 11) is 6.30. The molecular weight excluding hydrogens is 510 g/mol. The summed E-state index contributed by atoms with van der Waals surface area (Å²) in [6.45, 7) is 9.05. The predicted octanol–water partition coefficient (Wildman–Crippen LogP) is 3.73. The maximum atomic E-state index is 13.1. The first-order chi connectivity index (χ1) is 19.8. The van der Waals surface area contributed by atoms with Crippen LogP contribution in [0.1, 0.15) is 33.5 Å². The number of amides is 1. The number of likely N-dealkylation sites (tertiary alicyclic amines) is 1. The molecule has 41 heavy (non-hydrogen) atoms. The van der Waals surface area contributed by atoms with E-state index in [9.17, 15) is 4.79 Å². The fourth-order valence-corrected chi connectivity index (χ4v) is 6.56. The van der Waals surface area contributed by atoms with Crippen LogP contribution in [0.15, 0.2) is 66.7 Å². The fourth-order valence-electron chi connectivity index (χ4n) is 6.56. The molecule has 0 saturated carbocycles. The van der Waals surface area contributed by atoms with Crippen molar-refractivity contribution in [2.75, 3.05) is 60.5 Å². The molecule has 3 aliphatic rings. The average Bonchev–Trinajstić information content (AvgIpc) is 3.61. The highest BCUT2D eigenvalue weighted by Crippen LogP contribution is 2.33. The van der Waals surface area contributed by atoms with Crippen molar-refractivity contribution in [3.8, 4) is 16.9 Å². The lowest BCUT2D eigenvalue weighted by atomic mass is 9.99. The van der Waals surface area contributed by atoms with Crippen LogP contribution in [0.3, 0.4) is 0 Å². The molecule has 0 spiro atoms. The lowest BCUT2D eigenvalue weighted by molar-refractivity contribution is -0.894. The zero-order chi connectivity index (χ0) is 28.4. The average molecular weight is 555 g/mol. The molecule has 3 saturated heterocycles. The van der Waals surface area contributed by atoms with Gasteiger partial charge in [-0.3, -0.25) is 14.6 Å². The number of nitrogens with zero attached hydrogens (tertiary/aromatic N) is 3. The number of likely N-dealkylation sites (N-methyl/N-ethyl adjacent to an activating group) is 1. The third kappa shape index (κ3) is 6.65. The number of fused-ring (bicyclic) bond motifs is 2. The normalized spacial score (nSPS) is 22.1. The summed E-state index contributed by atoms with van der Waals surface area (Å²) >= 11 is 0. The van der Waals surface area contributed by atoms with Gasteiger partial charge >= 0.3 is 0 Å². The summed E-state index contributed by atoms with van der Waals surface area (Å²) < 4.78 is 6.82. The molecule has 0 radical (unpaired) electrons. The van der Waals surface area contributed by atoms with Gasteiger partial charge in [0.1, 0.15) is 5.75 Å². The summed E-state index contributed by atoms with van der Waals surface area (Å²) in [5.41, 5.74) is 6.46. The minimum Gasteiger partial charge on any atom is -0.496 e. The summed E-state index contributed by atoms with van der Waals surface area (Å²) in [6, 6.07) is 24.4. The Labute approximate surface area is 244 Å². The number of benzene rings is 3. The highest BCUT2D eigenvalue weighted by atomic mass is 16.5. The van der Waals surface area contributed by atoms with E-state index in [1.165, 1.54) is 17.5 Å². The molecule has 0 aliphatic carbocycles. The van der Waals surface area contributed by atoms with Crippen molar-refractivity contribution >= 4 is 5.91 Å². The van der Waals surface area contributed by atoms with E-state index in [1.54, 1.807) is 7.11 Å². The van der Waals surface area contributed by atoms with Crippen molar-refractivity contribution in [3.05, 3.63) is 89.0 Å². The third-order valence-electron chi connectivity index (χ3n) is 9.15. The van der Waals surface area contributed by atoms with Gasteiger partial charge in [0.2, 0.25) is 0 Å². The van der Waals surface area contributed by atoms with Crippen LogP contribution >= 0.6 is 0 Å². The number of methoxy groups -OCH3 is 1. The van der Waals surface area contributed by atoms with E-state index < -0.39 is 0 Å². The van der Waals surface area contributed by atoms with E-state index in [4.69, 9.17) is 4.74 Å². The Kier molecular flexibility index (Phi) is 8.13. The Bertz CT molecular complexity index is 1380. The first-order valence-corrected chi connectivity index (χ1v) is 15.0. The van der Waals surface area contributed by atoms with Crippen molar-refractivity contribution in [2.45, 2.75) is 38.1 Å². The first-order valence-electron chi connectivity index (χ1n) is 15.0. The maximum absolute atomic E-state index is 13.1. The van der Waals surface area contributed by atoms with Crippen molar-refractivity contribution in [1.29, 1.82) is 0 Å². The molecule has 0 aromatic heterocycles. The largest absolute Gasteiger partial charge is 0.496 e. The summed E-state index contributed by atoms with van der Waals surface area (Å²) in [6.07, 6.45) is 1.27. The number of quaternary nitrogens is 1. The van der Waals surface area contributed by atoms with Crippen LogP contribution in [0.2, 0.25) is 0 Å². The van der Waals surface area contributed by atoms with E-state index in [2.05, 4.69) is 70.9 Å². The van der Waals surface area contributed by atoms with Crippen LogP contribution in [0.4, 0.5) is 0 Å². The Morgan fingerprint density at radius 2 is 1.76 bits per heavy atom. The van der Waals surface area contributed by atoms with Gasteiger partial charge in [-0.25, -0.2) is 0 Å². The molecule has 216 valence electrons. The molecule has 3 fully saturated rings. The molecule has 2 bridgehead atoms. The van der Waals surface area contributed by atoms with E-state index in [0.29, 0.717) is 24.2 Å². The van der Waals surface area contributed by atoms with Gasteiger partial charge < -0.3 is 19.9 Å². The van der Waals surface area contributed by atoms with Gasteiger partial charge in [-0.05, 0) is 59.0 Å². The van der Waals surface area contributed by atoms with Gasteiger partial charge in [0.15, 0.2) is 0 Å². The van der Waals surface area contributed by atoms with Gasteiger partial charge in [0.05, 0.1) is 34.3 Å². The van der Waals surface area contributed by atoms with Crippen LogP contribution in [0.25, 0.3) is 11.1 Å². The van der Waals surface area contributed by atoms with Gasteiger partial charge in [-0.1, -0.05) is 36.4 Å². The van der Waals surface area contributed by atoms with Gasteiger partial charge in [0, 0.05) is 69.0 Å². The van der Waals surface area contributed by atoms with E-state index in [-0.39, 0.29) is 5.91 Å². The molecule has 3 aliphatic heterocycles. The lowest BCUT2D eigenvalue weighted by Crippen LogP contribution is -2.54. The molecule has 7 heteroatoms. The van der Waals surface area contributed by atoms with E-state index >= 15 is 0 Å². The monoisotopic (exact) mass is 554 g/mol. The molecule has 2 N–H and O–H groups in total. The molecule has 1 amide bonds. The minimum absolute atomic E-state index is 0.0444. The quantitative estimate of drug-likeness (QED) is 0.395. The second kappa shape index (κ2) is 11.9. The molecular formula is C34H44N5O2+. The number of piperazine rings is 2. The van der Waals surface area contributed by atoms with E-state index in [0.717, 1.165) is 79.3 Å². The van der Waals surface area contributed by atoms with Crippen molar-refractivity contribution in [2.24, 2.45) is 0 Å². The SMILES string of the molecule is COc1ccc(CNC(=O)c2cccc(CN3CC[N+](C)(C)CC3)c2)cc1-c1cccc(CN2C[C@@H]3C[C@H]2CN3)c1. The van der Waals surface area contributed by atoms with Crippen LogP contribution in [-0.2, 0) is 19.6 Å². The van der Waals surface area contributed by atoms with Gasteiger partial charge in [-0.2, -0.15) is 0 Å². The summed E-state index contributed by atoms with van der Waals surface area (Å²) in [5.74, 6) is 0.798. The van der Waals surface area contributed by atoms with Crippen LogP contribution in [0, 0.1) is 0 Å². The number of ether oxygens (including phenoxy) is 1. The standard InChI is InChI=1S/C34H43N5O2/c1-39(2)14-12-37(13-15-39)22-26-6-5-9-29(17-26)34(40)36-20-25-10-11-33(41-3)32(18-25)28-8-4-7-27(16-28)23-38-24-30-19-31(38)21-35-30/h4-11,16-18,30-31,35H,12-15,19-24H2,1-3H3/p+1/t30-,31-/m0/s1. The number of rotatable bonds is 9. The summed E-state index contributed by atoms with van der Waals surface area (Å²) in [4.78, 5) is 18.2. The number of hydrogen-bond acceptors (Lipinski definition) is 5. The maximum Gasteiger partial charge on any atom is 0.251 e. The van der Waals surface area contributed by atoms with Crippen LogP contribution < -0.4 is 15.4 Å². The number of hydrogen-bond donors (Lipinski definition) is 2. The van der Waals surface area contributed by atoms with Crippen LogP contribution in [-0.4, -0.2) is 92.7 Å². The highest BCUT2D eigenvalue weighted by Gasteiger charge is 2.37. The van der Waals surface area contributed by atoms with Crippen molar-refractivity contribution in [3.63, 3.8) is 0 Å². The second-order valence-corrected chi connectivity index (χ2v) is 12.7. The number of nitrogens with one attached hydrogen (secondary N) is 2. The highest BCUT2D eigenvalue weighted by molar-refractivity contribution is 5.94.